The molecule has 1 aromatic carbocycles. The van der Waals surface area contributed by atoms with Crippen molar-refractivity contribution in [2.24, 2.45) is 5.84 Å². The first-order valence-corrected chi connectivity index (χ1v) is 6.69. The van der Waals surface area contributed by atoms with Crippen LogP contribution in [-0.4, -0.2) is 21.5 Å². The summed E-state index contributed by atoms with van der Waals surface area (Å²) < 4.78 is 23.0. The second kappa shape index (κ2) is 4.40. The monoisotopic (exact) mass is 241 g/mol. The minimum Gasteiger partial charge on any atom is -0.371 e. The molecule has 6 heteroatoms. The Bertz CT molecular complexity index is 467. The van der Waals surface area contributed by atoms with Crippen LogP contribution in [0.15, 0.2) is 29.2 Å². The van der Waals surface area contributed by atoms with Gasteiger partial charge in [0.2, 0.25) is 0 Å². The Morgan fingerprint density at radius 3 is 2.56 bits per heavy atom. The van der Waals surface area contributed by atoms with Crippen LogP contribution >= 0.6 is 0 Å². The second-order valence-electron chi connectivity index (χ2n) is 3.81. The first-order chi connectivity index (χ1) is 7.63. The fourth-order valence-corrected chi connectivity index (χ4v) is 2.56. The lowest BCUT2D eigenvalue weighted by Gasteiger charge is -2.18. The minimum atomic E-state index is -3.55. The SMILES string of the molecule is NNS(=O)(=O)c1cccc(N2CCCC2)c1. The Kier molecular flexibility index (Phi) is 3.13. The molecule has 1 saturated heterocycles. The summed E-state index contributed by atoms with van der Waals surface area (Å²) in [4.78, 5) is 4.21. The molecule has 0 aliphatic carbocycles. The minimum absolute atomic E-state index is 0.208. The van der Waals surface area contributed by atoms with Crippen LogP contribution in [0.2, 0.25) is 0 Å². The van der Waals surface area contributed by atoms with Gasteiger partial charge in [-0.2, -0.15) is 4.83 Å². The van der Waals surface area contributed by atoms with E-state index in [1.165, 1.54) is 6.07 Å². The van der Waals surface area contributed by atoms with E-state index < -0.39 is 10.0 Å². The number of anilines is 1. The Morgan fingerprint density at radius 2 is 1.94 bits per heavy atom. The van der Waals surface area contributed by atoms with Gasteiger partial charge in [0.25, 0.3) is 10.0 Å². The Hall–Kier alpha value is -1.11. The molecule has 3 N–H and O–H groups in total. The van der Waals surface area contributed by atoms with Gasteiger partial charge in [0.15, 0.2) is 0 Å². The van der Waals surface area contributed by atoms with Crippen molar-refractivity contribution in [1.82, 2.24) is 4.83 Å². The molecule has 0 atom stereocenters. The number of benzene rings is 1. The smallest absolute Gasteiger partial charge is 0.253 e. The van der Waals surface area contributed by atoms with Crippen LogP contribution in [0, 0.1) is 0 Å². The maximum Gasteiger partial charge on any atom is 0.253 e. The lowest BCUT2D eigenvalue weighted by Crippen LogP contribution is -2.30. The van der Waals surface area contributed by atoms with Gasteiger partial charge in [-0.05, 0) is 31.0 Å². The van der Waals surface area contributed by atoms with E-state index in [2.05, 4.69) is 4.90 Å². The summed E-state index contributed by atoms with van der Waals surface area (Å²) in [6, 6.07) is 6.84. The summed E-state index contributed by atoms with van der Waals surface area (Å²) in [5.41, 5.74) is 0.939. The molecule has 1 aliphatic rings. The summed E-state index contributed by atoms with van der Waals surface area (Å²) >= 11 is 0. The van der Waals surface area contributed by atoms with Gasteiger partial charge in [0.1, 0.15) is 0 Å². The van der Waals surface area contributed by atoms with E-state index >= 15 is 0 Å². The van der Waals surface area contributed by atoms with Crippen LogP contribution in [0.4, 0.5) is 5.69 Å². The van der Waals surface area contributed by atoms with Crippen molar-refractivity contribution in [3.05, 3.63) is 24.3 Å². The first-order valence-electron chi connectivity index (χ1n) is 5.21. The zero-order valence-corrected chi connectivity index (χ0v) is 9.70. The van der Waals surface area contributed by atoms with Crippen molar-refractivity contribution in [2.75, 3.05) is 18.0 Å². The molecule has 1 fully saturated rings. The first kappa shape index (κ1) is 11.4. The maximum absolute atomic E-state index is 11.5. The average Bonchev–Trinajstić information content (AvgIpc) is 2.83. The zero-order valence-electron chi connectivity index (χ0n) is 8.89. The molecule has 0 saturated carbocycles. The Labute approximate surface area is 95.3 Å². The number of hydrogen-bond acceptors (Lipinski definition) is 4. The van der Waals surface area contributed by atoms with Crippen LogP contribution in [0.5, 0.6) is 0 Å². The molecule has 5 nitrogen and oxygen atoms in total. The molecular formula is C10H15N3O2S. The van der Waals surface area contributed by atoms with Gasteiger partial charge in [0, 0.05) is 18.8 Å². The Morgan fingerprint density at radius 1 is 1.25 bits per heavy atom. The van der Waals surface area contributed by atoms with Crippen LogP contribution < -0.4 is 15.6 Å². The number of nitrogens with one attached hydrogen (secondary N) is 1. The molecule has 1 heterocycles. The number of hydrogen-bond donors (Lipinski definition) is 2. The van der Waals surface area contributed by atoms with E-state index in [-0.39, 0.29) is 4.90 Å². The molecule has 88 valence electrons. The molecule has 0 unspecified atom stereocenters. The van der Waals surface area contributed by atoms with Crippen molar-refractivity contribution in [2.45, 2.75) is 17.7 Å². The number of sulfonamides is 1. The third kappa shape index (κ3) is 2.18. The molecule has 0 spiro atoms. The standard InChI is InChI=1S/C10H15N3O2S/c11-12-16(14,15)10-5-3-4-9(8-10)13-6-1-2-7-13/h3-5,8,12H,1-2,6-7,11H2. The molecular weight excluding hydrogens is 226 g/mol. The normalized spacial score (nSPS) is 16.7. The summed E-state index contributed by atoms with van der Waals surface area (Å²) in [5.74, 6) is 4.99. The highest BCUT2D eigenvalue weighted by atomic mass is 32.2. The lowest BCUT2D eigenvalue weighted by molar-refractivity contribution is 0.584. The molecule has 0 aromatic heterocycles. The van der Waals surface area contributed by atoms with Crippen LogP contribution in [0.1, 0.15) is 12.8 Å². The molecule has 16 heavy (non-hydrogen) atoms. The third-order valence-corrected chi connectivity index (χ3v) is 3.94. The maximum atomic E-state index is 11.5. The van der Waals surface area contributed by atoms with E-state index in [4.69, 9.17) is 5.84 Å². The highest BCUT2D eigenvalue weighted by Crippen LogP contribution is 2.22. The summed E-state index contributed by atoms with van der Waals surface area (Å²) in [6.45, 7) is 1.97. The number of nitrogens with zero attached hydrogens (tertiary/aromatic N) is 1. The van der Waals surface area contributed by atoms with Gasteiger partial charge in [-0.15, -0.1) is 0 Å². The van der Waals surface area contributed by atoms with Crippen molar-refractivity contribution < 1.29 is 8.42 Å². The average molecular weight is 241 g/mol. The summed E-state index contributed by atoms with van der Waals surface area (Å²) in [6.07, 6.45) is 2.32. The van der Waals surface area contributed by atoms with E-state index in [9.17, 15) is 8.42 Å². The van der Waals surface area contributed by atoms with Gasteiger partial charge in [-0.1, -0.05) is 6.07 Å². The van der Waals surface area contributed by atoms with Gasteiger partial charge < -0.3 is 4.90 Å². The number of hydrazine groups is 1. The van der Waals surface area contributed by atoms with Crippen molar-refractivity contribution in [1.29, 1.82) is 0 Å². The predicted octanol–water partition coefficient (Wildman–Crippen LogP) is 0.439. The quantitative estimate of drug-likeness (QED) is 0.594. The largest absolute Gasteiger partial charge is 0.371 e. The van der Waals surface area contributed by atoms with Crippen molar-refractivity contribution >= 4 is 15.7 Å². The fraction of sp³-hybridized carbons (Fsp3) is 0.400. The van der Waals surface area contributed by atoms with E-state index in [0.29, 0.717) is 0 Å². The van der Waals surface area contributed by atoms with Crippen molar-refractivity contribution in [3.63, 3.8) is 0 Å². The van der Waals surface area contributed by atoms with Crippen LogP contribution in [-0.2, 0) is 10.0 Å². The van der Waals surface area contributed by atoms with Crippen LogP contribution in [0.3, 0.4) is 0 Å². The molecule has 1 aromatic rings. The van der Waals surface area contributed by atoms with E-state index in [1.807, 2.05) is 10.9 Å². The second-order valence-corrected chi connectivity index (χ2v) is 5.53. The summed E-state index contributed by atoms with van der Waals surface area (Å²) in [5, 5.41) is 0. The lowest BCUT2D eigenvalue weighted by atomic mass is 10.3. The number of rotatable bonds is 3. The fourth-order valence-electron chi connectivity index (χ4n) is 1.89. The number of nitrogens with two attached hydrogens (primary N) is 1. The zero-order chi connectivity index (χ0) is 11.6. The molecule has 0 radical (unpaired) electrons. The Balaban J connectivity index is 2.33. The summed E-state index contributed by atoms with van der Waals surface area (Å²) in [7, 11) is -3.55. The molecule has 1 aliphatic heterocycles. The van der Waals surface area contributed by atoms with E-state index in [1.54, 1.807) is 12.1 Å². The highest BCUT2D eigenvalue weighted by Gasteiger charge is 2.16. The molecule has 0 amide bonds. The van der Waals surface area contributed by atoms with Crippen molar-refractivity contribution in [3.8, 4) is 0 Å². The van der Waals surface area contributed by atoms with Gasteiger partial charge in [-0.25, -0.2) is 8.42 Å². The van der Waals surface area contributed by atoms with Crippen LogP contribution in [0.25, 0.3) is 0 Å². The topological polar surface area (TPSA) is 75.4 Å². The highest BCUT2D eigenvalue weighted by molar-refractivity contribution is 7.89. The van der Waals surface area contributed by atoms with Gasteiger partial charge in [0.05, 0.1) is 4.90 Å². The molecule has 2 rings (SSSR count). The predicted molar refractivity (Wildman–Crippen MR) is 62.4 cm³/mol. The van der Waals surface area contributed by atoms with E-state index in [0.717, 1.165) is 31.6 Å². The third-order valence-electron chi connectivity index (χ3n) is 2.75. The van der Waals surface area contributed by atoms with Gasteiger partial charge in [-0.3, -0.25) is 5.84 Å². The molecule has 0 bridgehead atoms. The van der Waals surface area contributed by atoms with Gasteiger partial charge >= 0.3 is 0 Å².